The molecular weight excluding hydrogens is 358 g/mol. The molecule has 0 saturated carbocycles. The van der Waals surface area contributed by atoms with E-state index < -0.39 is 10.0 Å². The molecule has 1 aliphatic heterocycles. The lowest BCUT2D eigenvalue weighted by atomic mass is 10.1. The summed E-state index contributed by atoms with van der Waals surface area (Å²) in [6, 6.07) is 7.79. The van der Waals surface area contributed by atoms with Crippen molar-refractivity contribution in [1.82, 2.24) is 14.8 Å². The highest BCUT2D eigenvalue weighted by Crippen LogP contribution is 2.23. The number of sulfonamides is 1. The number of benzene rings is 1. The van der Waals surface area contributed by atoms with Gasteiger partial charge in [0.15, 0.2) is 0 Å². The van der Waals surface area contributed by atoms with Gasteiger partial charge in [0.25, 0.3) is 5.91 Å². The van der Waals surface area contributed by atoms with Crippen LogP contribution in [0.3, 0.4) is 0 Å². The molecule has 1 aromatic carbocycles. The fourth-order valence-corrected chi connectivity index (χ4v) is 4.33. The van der Waals surface area contributed by atoms with Gasteiger partial charge in [-0.25, -0.2) is 8.42 Å². The molecule has 0 atom stereocenters. The third-order valence-electron chi connectivity index (χ3n) is 4.34. The number of nitrogens with one attached hydrogen (secondary N) is 1. The van der Waals surface area contributed by atoms with E-state index in [9.17, 15) is 13.2 Å². The lowest BCUT2D eigenvalue weighted by Crippen LogP contribution is -2.46. The Kier molecular flexibility index (Phi) is 5.28. The van der Waals surface area contributed by atoms with E-state index in [-0.39, 0.29) is 22.6 Å². The largest absolute Gasteiger partial charge is 0.497 e. The second-order valence-electron chi connectivity index (χ2n) is 6.16. The van der Waals surface area contributed by atoms with Crippen molar-refractivity contribution in [3.05, 3.63) is 41.8 Å². The number of hydrogen-bond donors (Lipinski definition) is 1. The SMILES string of the molecule is COc1ccc(S(=O)(=O)N2CCC(NC(=O)c3cc(C)no3)CC2)cc1. The summed E-state index contributed by atoms with van der Waals surface area (Å²) in [6.45, 7) is 2.42. The number of ether oxygens (including phenoxy) is 1. The Bertz CT molecular complexity index is 868. The lowest BCUT2D eigenvalue weighted by molar-refractivity contribution is 0.0886. The van der Waals surface area contributed by atoms with Crippen molar-refractivity contribution < 1.29 is 22.5 Å². The third-order valence-corrected chi connectivity index (χ3v) is 6.25. The summed E-state index contributed by atoms with van der Waals surface area (Å²) in [5, 5.41) is 6.55. The van der Waals surface area contributed by atoms with Gasteiger partial charge in [0.2, 0.25) is 15.8 Å². The molecular formula is C17H21N3O5S. The summed E-state index contributed by atoms with van der Waals surface area (Å²) in [6.07, 6.45) is 1.07. The van der Waals surface area contributed by atoms with Crippen molar-refractivity contribution in [2.45, 2.75) is 30.7 Å². The van der Waals surface area contributed by atoms with Crippen LogP contribution in [0.25, 0.3) is 0 Å². The van der Waals surface area contributed by atoms with Crippen LogP contribution in [-0.2, 0) is 10.0 Å². The quantitative estimate of drug-likeness (QED) is 0.846. The van der Waals surface area contributed by atoms with E-state index in [0.717, 1.165) is 0 Å². The number of nitrogens with zero attached hydrogens (tertiary/aromatic N) is 2. The molecule has 0 unspecified atom stereocenters. The van der Waals surface area contributed by atoms with Crippen LogP contribution in [-0.4, -0.2) is 50.0 Å². The van der Waals surface area contributed by atoms with Gasteiger partial charge in [-0.15, -0.1) is 0 Å². The van der Waals surface area contributed by atoms with Crippen molar-refractivity contribution in [2.24, 2.45) is 0 Å². The molecule has 0 aliphatic carbocycles. The molecule has 9 heteroatoms. The molecule has 1 aromatic heterocycles. The van der Waals surface area contributed by atoms with Gasteiger partial charge in [0, 0.05) is 25.2 Å². The first-order chi connectivity index (χ1) is 12.4. The molecule has 1 fully saturated rings. The summed E-state index contributed by atoms with van der Waals surface area (Å²) >= 11 is 0. The number of hydrogen-bond acceptors (Lipinski definition) is 6. The first-order valence-corrected chi connectivity index (χ1v) is 9.72. The highest BCUT2D eigenvalue weighted by Gasteiger charge is 2.30. The fraction of sp³-hybridized carbons (Fsp3) is 0.412. The lowest BCUT2D eigenvalue weighted by Gasteiger charge is -2.31. The molecule has 0 bridgehead atoms. The van der Waals surface area contributed by atoms with Crippen LogP contribution >= 0.6 is 0 Å². The summed E-state index contributed by atoms with van der Waals surface area (Å²) in [5.74, 6) is 0.436. The van der Waals surface area contributed by atoms with Crippen molar-refractivity contribution in [3.63, 3.8) is 0 Å². The number of carbonyl (C=O) groups excluding carboxylic acids is 1. The number of aromatic nitrogens is 1. The number of piperidine rings is 1. The maximum Gasteiger partial charge on any atom is 0.290 e. The van der Waals surface area contributed by atoms with Gasteiger partial charge in [-0.05, 0) is 44.0 Å². The van der Waals surface area contributed by atoms with Crippen molar-refractivity contribution in [1.29, 1.82) is 0 Å². The predicted molar refractivity (Wildman–Crippen MR) is 93.5 cm³/mol. The molecule has 8 nitrogen and oxygen atoms in total. The average molecular weight is 379 g/mol. The normalized spacial score (nSPS) is 16.4. The summed E-state index contributed by atoms with van der Waals surface area (Å²) in [4.78, 5) is 12.3. The first-order valence-electron chi connectivity index (χ1n) is 8.28. The average Bonchev–Trinajstić information content (AvgIpc) is 3.09. The molecule has 1 aliphatic rings. The number of carbonyl (C=O) groups is 1. The Hall–Kier alpha value is -2.39. The Balaban J connectivity index is 1.59. The van der Waals surface area contributed by atoms with Gasteiger partial charge in [0.05, 0.1) is 17.7 Å². The summed E-state index contributed by atoms with van der Waals surface area (Å²) < 4.78 is 36.9. The Morgan fingerprint density at radius 2 is 1.92 bits per heavy atom. The zero-order chi connectivity index (χ0) is 18.7. The summed E-state index contributed by atoms with van der Waals surface area (Å²) in [7, 11) is -2.02. The number of rotatable bonds is 5. The van der Waals surface area contributed by atoms with E-state index in [1.54, 1.807) is 25.1 Å². The van der Waals surface area contributed by atoms with Crippen LogP contribution in [0.2, 0.25) is 0 Å². The van der Waals surface area contributed by atoms with E-state index in [0.29, 0.717) is 37.4 Å². The van der Waals surface area contributed by atoms with Crippen molar-refractivity contribution in [3.8, 4) is 5.75 Å². The Morgan fingerprint density at radius 3 is 2.46 bits per heavy atom. The Labute approximate surface area is 152 Å². The molecule has 140 valence electrons. The minimum Gasteiger partial charge on any atom is -0.497 e. The monoisotopic (exact) mass is 379 g/mol. The van der Waals surface area contributed by atoms with Crippen LogP contribution in [0.15, 0.2) is 39.8 Å². The van der Waals surface area contributed by atoms with Gasteiger partial charge in [-0.3, -0.25) is 4.79 Å². The van der Waals surface area contributed by atoms with Gasteiger partial charge >= 0.3 is 0 Å². The van der Waals surface area contributed by atoms with Crippen LogP contribution in [0.5, 0.6) is 5.75 Å². The highest BCUT2D eigenvalue weighted by molar-refractivity contribution is 7.89. The molecule has 2 aromatic rings. The number of methoxy groups -OCH3 is 1. The van der Waals surface area contributed by atoms with Crippen molar-refractivity contribution >= 4 is 15.9 Å². The third kappa shape index (κ3) is 3.88. The number of aryl methyl sites for hydroxylation is 1. The first kappa shape index (κ1) is 18.4. The minimum atomic E-state index is -3.55. The van der Waals surface area contributed by atoms with Crippen LogP contribution in [0.1, 0.15) is 29.1 Å². The number of amides is 1. The molecule has 1 amide bonds. The van der Waals surface area contributed by atoms with Crippen molar-refractivity contribution in [2.75, 3.05) is 20.2 Å². The zero-order valence-electron chi connectivity index (χ0n) is 14.6. The predicted octanol–water partition coefficient (Wildman–Crippen LogP) is 1.57. The topological polar surface area (TPSA) is 102 Å². The molecule has 2 heterocycles. The van der Waals surface area contributed by atoms with Gasteiger partial charge < -0.3 is 14.6 Å². The second kappa shape index (κ2) is 7.46. The molecule has 1 N–H and O–H groups in total. The van der Waals surface area contributed by atoms with E-state index in [4.69, 9.17) is 9.26 Å². The van der Waals surface area contributed by atoms with E-state index in [1.807, 2.05) is 0 Å². The van der Waals surface area contributed by atoms with E-state index >= 15 is 0 Å². The molecule has 26 heavy (non-hydrogen) atoms. The molecule has 1 saturated heterocycles. The van der Waals surface area contributed by atoms with E-state index in [1.165, 1.54) is 23.5 Å². The van der Waals surface area contributed by atoms with Gasteiger partial charge in [0.1, 0.15) is 5.75 Å². The zero-order valence-corrected chi connectivity index (χ0v) is 15.5. The van der Waals surface area contributed by atoms with E-state index in [2.05, 4.69) is 10.5 Å². The van der Waals surface area contributed by atoms with Crippen LogP contribution < -0.4 is 10.1 Å². The van der Waals surface area contributed by atoms with Crippen LogP contribution in [0, 0.1) is 6.92 Å². The Morgan fingerprint density at radius 1 is 1.27 bits per heavy atom. The maximum absolute atomic E-state index is 12.7. The fourth-order valence-electron chi connectivity index (χ4n) is 2.86. The summed E-state index contributed by atoms with van der Waals surface area (Å²) in [5.41, 5.74) is 0.635. The van der Waals surface area contributed by atoms with Gasteiger partial charge in [-0.1, -0.05) is 5.16 Å². The minimum absolute atomic E-state index is 0.102. The van der Waals surface area contributed by atoms with Crippen LogP contribution in [0.4, 0.5) is 0 Å². The standard InChI is InChI=1S/C17H21N3O5S/c1-12-11-16(25-19-12)17(21)18-13-7-9-20(10-8-13)26(22,23)15-5-3-14(24-2)4-6-15/h3-6,11,13H,7-10H2,1-2H3,(H,18,21). The highest BCUT2D eigenvalue weighted by atomic mass is 32.2. The molecule has 0 spiro atoms. The molecule has 3 rings (SSSR count). The smallest absolute Gasteiger partial charge is 0.290 e. The molecule has 0 radical (unpaired) electrons. The maximum atomic E-state index is 12.7. The second-order valence-corrected chi connectivity index (χ2v) is 8.10. The van der Waals surface area contributed by atoms with Gasteiger partial charge in [-0.2, -0.15) is 4.31 Å².